The quantitative estimate of drug-likeness (QED) is 0.239. The molecule has 2 amide bonds. The molecule has 3 aliphatic carbocycles. The Bertz CT molecular complexity index is 1480. The Labute approximate surface area is 228 Å². The monoisotopic (exact) mass is 548 g/mol. The predicted octanol–water partition coefficient (Wildman–Crippen LogP) is 2.15. The smallest absolute Gasteiger partial charge is 0.411 e. The Morgan fingerprint density at radius 2 is 1.82 bits per heavy atom. The van der Waals surface area contributed by atoms with E-state index in [0.29, 0.717) is 22.4 Å². The average molecular weight is 549 g/mol. The first-order chi connectivity index (χ1) is 19.0. The highest BCUT2D eigenvalue weighted by atomic mass is 16.5. The molecule has 208 valence electrons. The van der Waals surface area contributed by atoms with Crippen LogP contribution in [0.2, 0.25) is 0 Å². The predicted molar refractivity (Wildman–Crippen MR) is 141 cm³/mol. The van der Waals surface area contributed by atoms with E-state index in [0.717, 1.165) is 0 Å². The van der Waals surface area contributed by atoms with Gasteiger partial charge < -0.3 is 30.9 Å². The fraction of sp³-hybridized carbons (Fsp3) is 0.310. The average Bonchev–Trinajstić information content (AvgIpc) is 2.90. The lowest BCUT2D eigenvalue weighted by Gasteiger charge is -2.48. The SMILES string of the molecule is C=CCOC(=O)Nc1ccc(-c2ccc(O)c3c2C[C@H]2C[C@H]4CC(O)C(C(N)=O)C(=O)[C@@]4(O)C(O)=C2C3=O)cc1. The number of aromatic hydroxyl groups is 1. The molecule has 0 spiro atoms. The van der Waals surface area contributed by atoms with Gasteiger partial charge >= 0.3 is 6.09 Å². The number of aliphatic hydroxyl groups excluding tert-OH is 2. The zero-order valence-electron chi connectivity index (χ0n) is 21.3. The van der Waals surface area contributed by atoms with Crippen LogP contribution in [0.15, 0.2) is 60.4 Å². The zero-order valence-corrected chi connectivity index (χ0v) is 21.3. The number of allylic oxidation sites excluding steroid dienone is 1. The van der Waals surface area contributed by atoms with Gasteiger partial charge in [-0.3, -0.25) is 19.7 Å². The molecule has 1 saturated carbocycles. The first kappa shape index (κ1) is 27.1. The number of anilines is 1. The zero-order chi connectivity index (χ0) is 28.9. The molecule has 2 aromatic carbocycles. The number of phenols is 1. The van der Waals surface area contributed by atoms with E-state index in [1.54, 1.807) is 30.3 Å². The van der Waals surface area contributed by atoms with Gasteiger partial charge in [0.2, 0.25) is 5.91 Å². The van der Waals surface area contributed by atoms with Crippen molar-refractivity contribution in [2.75, 3.05) is 11.9 Å². The van der Waals surface area contributed by atoms with E-state index >= 15 is 0 Å². The van der Waals surface area contributed by atoms with Crippen LogP contribution < -0.4 is 11.1 Å². The number of nitrogens with one attached hydrogen (secondary N) is 1. The molecule has 5 atom stereocenters. The van der Waals surface area contributed by atoms with Crippen LogP contribution in [-0.2, 0) is 20.7 Å². The fourth-order valence-corrected chi connectivity index (χ4v) is 6.22. The number of ether oxygens (including phenoxy) is 1. The number of ketones is 2. The number of aliphatic hydroxyl groups is 3. The van der Waals surface area contributed by atoms with Gasteiger partial charge in [-0.2, -0.15) is 0 Å². The molecule has 0 aliphatic heterocycles. The molecule has 0 heterocycles. The van der Waals surface area contributed by atoms with Crippen LogP contribution in [0.1, 0.15) is 28.8 Å². The standard InChI is InChI=1S/C29H28N2O9/c1-2-9-40-28(38)31-16-5-3-13(4-6-16)17-7-8-19(32)22-18(17)11-14-10-15-12-20(33)23(27(30)37)26(36)29(15,39)25(35)21(14)24(22)34/h2-8,14-15,20,23,32-33,35,39H,1,9-12H2,(H2,30,37)(H,31,38)/t14-,15+,20?,23?,29+/m1/s1. The largest absolute Gasteiger partial charge is 0.508 e. The number of benzene rings is 2. The van der Waals surface area contributed by atoms with Crippen LogP contribution in [0.3, 0.4) is 0 Å². The van der Waals surface area contributed by atoms with Gasteiger partial charge in [0.05, 0.1) is 11.7 Å². The van der Waals surface area contributed by atoms with Crippen LogP contribution >= 0.6 is 0 Å². The molecule has 1 fully saturated rings. The van der Waals surface area contributed by atoms with Gasteiger partial charge in [0.1, 0.15) is 24.0 Å². The van der Waals surface area contributed by atoms with Crippen LogP contribution in [0, 0.1) is 17.8 Å². The Hall–Kier alpha value is -4.48. The lowest BCUT2D eigenvalue weighted by molar-refractivity contribution is -0.167. The number of carbonyl (C=O) groups excluding carboxylic acids is 4. The van der Waals surface area contributed by atoms with Crippen molar-refractivity contribution in [1.29, 1.82) is 0 Å². The number of carbonyl (C=O) groups is 4. The van der Waals surface area contributed by atoms with Crippen LogP contribution in [-0.4, -0.2) is 62.3 Å². The first-order valence-electron chi connectivity index (χ1n) is 12.7. The summed E-state index contributed by atoms with van der Waals surface area (Å²) in [4.78, 5) is 50.5. The second-order valence-electron chi connectivity index (χ2n) is 10.3. The fourth-order valence-electron chi connectivity index (χ4n) is 6.22. The molecule has 5 rings (SSSR count). The number of nitrogens with two attached hydrogens (primary N) is 1. The van der Waals surface area contributed by atoms with Crippen molar-refractivity contribution in [3.63, 3.8) is 0 Å². The summed E-state index contributed by atoms with van der Waals surface area (Å²) in [5.41, 5.74) is 4.76. The number of hydrogen-bond donors (Lipinski definition) is 6. The maximum Gasteiger partial charge on any atom is 0.411 e. The molecule has 0 bridgehead atoms. The molecule has 11 heteroatoms. The number of fused-ring (bicyclic) bond motifs is 3. The number of rotatable bonds is 5. The van der Waals surface area contributed by atoms with E-state index in [1.165, 1.54) is 12.1 Å². The maximum atomic E-state index is 13.7. The van der Waals surface area contributed by atoms with Crippen molar-refractivity contribution in [3.8, 4) is 16.9 Å². The number of hydrogen-bond acceptors (Lipinski definition) is 9. The number of Topliss-reactive ketones (excluding diaryl/α,β-unsaturated/α-hetero) is 2. The molecule has 2 aromatic rings. The number of primary amides is 1. The Balaban J connectivity index is 1.53. The molecule has 0 radical (unpaired) electrons. The van der Waals surface area contributed by atoms with Crippen molar-refractivity contribution in [1.82, 2.24) is 0 Å². The number of phenolic OH excluding ortho intramolecular Hbond substituents is 1. The highest BCUT2D eigenvalue weighted by Gasteiger charge is 2.62. The third-order valence-electron chi connectivity index (χ3n) is 8.05. The number of amides is 2. The molecule has 40 heavy (non-hydrogen) atoms. The summed E-state index contributed by atoms with van der Waals surface area (Å²) in [6, 6.07) is 9.74. The maximum absolute atomic E-state index is 13.7. The molecule has 11 nitrogen and oxygen atoms in total. The minimum Gasteiger partial charge on any atom is -0.508 e. The lowest BCUT2D eigenvalue weighted by Crippen LogP contribution is -2.63. The Morgan fingerprint density at radius 1 is 1.12 bits per heavy atom. The first-order valence-corrected chi connectivity index (χ1v) is 12.7. The van der Waals surface area contributed by atoms with Gasteiger partial charge in [0.25, 0.3) is 0 Å². The van der Waals surface area contributed by atoms with E-state index in [-0.39, 0.29) is 42.8 Å². The summed E-state index contributed by atoms with van der Waals surface area (Å²) in [6.07, 6.45) is -0.561. The highest BCUT2D eigenvalue weighted by molar-refractivity contribution is 6.16. The van der Waals surface area contributed by atoms with Gasteiger partial charge in [-0.1, -0.05) is 30.9 Å². The minimum atomic E-state index is -2.55. The summed E-state index contributed by atoms with van der Waals surface area (Å²) in [5.74, 6) is -7.54. The third kappa shape index (κ3) is 4.14. The summed E-state index contributed by atoms with van der Waals surface area (Å²) in [7, 11) is 0. The molecule has 0 aromatic heterocycles. The normalized spacial score (nSPS) is 27.2. The third-order valence-corrected chi connectivity index (χ3v) is 8.05. The van der Waals surface area contributed by atoms with Gasteiger partial charge in [0.15, 0.2) is 17.2 Å². The second kappa shape index (κ2) is 9.92. The van der Waals surface area contributed by atoms with E-state index < -0.39 is 58.8 Å². The summed E-state index contributed by atoms with van der Waals surface area (Å²) < 4.78 is 4.91. The van der Waals surface area contributed by atoms with Gasteiger partial charge in [0, 0.05) is 17.2 Å². The van der Waals surface area contributed by atoms with Gasteiger partial charge in [-0.15, -0.1) is 0 Å². The lowest BCUT2D eigenvalue weighted by atomic mass is 9.57. The Kier molecular flexibility index (Phi) is 6.72. The Morgan fingerprint density at radius 3 is 2.48 bits per heavy atom. The van der Waals surface area contributed by atoms with Crippen molar-refractivity contribution < 1.29 is 44.3 Å². The van der Waals surface area contributed by atoms with E-state index in [2.05, 4.69) is 11.9 Å². The summed E-state index contributed by atoms with van der Waals surface area (Å²) in [5, 5.41) is 46.2. The van der Waals surface area contributed by atoms with Crippen LogP contribution in [0.25, 0.3) is 11.1 Å². The molecule has 2 unspecified atom stereocenters. The molecule has 0 saturated heterocycles. The van der Waals surface area contributed by atoms with Crippen molar-refractivity contribution in [2.24, 2.45) is 23.5 Å². The van der Waals surface area contributed by atoms with Crippen LogP contribution in [0.4, 0.5) is 10.5 Å². The van der Waals surface area contributed by atoms with Crippen molar-refractivity contribution >= 4 is 29.3 Å². The second-order valence-corrected chi connectivity index (χ2v) is 10.3. The molecular formula is C29H28N2O9. The molecule has 7 N–H and O–H groups in total. The van der Waals surface area contributed by atoms with E-state index in [4.69, 9.17) is 10.5 Å². The van der Waals surface area contributed by atoms with E-state index in [1.807, 2.05) is 0 Å². The highest BCUT2D eigenvalue weighted by Crippen LogP contribution is 2.52. The van der Waals surface area contributed by atoms with Crippen molar-refractivity contribution in [3.05, 3.63) is 71.5 Å². The molecule has 3 aliphatic rings. The summed E-state index contributed by atoms with van der Waals surface area (Å²) in [6.45, 7) is 3.54. The summed E-state index contributed by atoms with van der Waals surface area (Å²) >= 11 is 0. The van der Waals surface area contributed by atoms with Gasteiger partial charge in [-0.25, -0.2) is 4.79 Å². The topological polar surface area (TPSA) is 196 Å². The van der Waals surface area contributed by atoms with Crippen molar-refractivity contribution in [2.45, 2.75) is 31.0 Å². The van der Waals surface area contributed by atoms with E-state index in [9.17, 15) is 39.6 Å². The minimum absolute atomic E-state index is 0.0574. The van der Waals surface area contributed by atoms with Crippen LogP contribution in [0.5, 0.6) is 5.75 Å². The van der Waals surface area contributed by atoms with Gasteiger partial charge in [-0.05, 0) is 60.1 Å². The molecular weight excluding hydrogens is 520 g/mol.